The molecule has 0 saturated heterocycles. The highest BCUT2D eigenvalue weighted by atomic mass is 16.5. The number of hydrogen-bond acceptors (Lipinski definition) is 2. The Bertz CT molecular complexity index is 342. The molecule has 0 aliphatic carbocycles. The standard InChI is InChI=1S/C13H19NO/c1-10(2)11-6-7-13(15-3)12(9-11)5-4-8-14/h4-7,9-10H,8,14H2,1-3H3/b5-4+. The van der Waals surface area contributed by atoms with Crippen molar-refractivity contribution in [3.8, 4) is 5.75 Å². The van der Waals surface area contributed by atoms with Crippen LogP contribution in [0.25, 0.3) is 6.08 Å². The minimum Gasteiger partial charge on any atom is -0.496 e. The van der Waals surface area contributed by atoms with Gasteiger partial charge in [-0.2, -0.15) is 0 Å². The van der Waals surface area contributed by atoms with Crippen LogP contribution in [-0.4, -0.2) is 13.7 Å². The fourth-order valence-electron chi connectivity index (χ4n) is 1.44. The van der Waals surface area contributed by atoms with Crippen LogP contribution in [0.1, 0.15) is 30.9 Å². The zero-order valence-corrected chi connectivity index (χ0v) is 9.66. The molecule has 0 atom stereocenters. The van der Waals surface area contributed by atoms with Crippen molar-refractivity contribution < 1.29 is 4.74 Å². The molecule has 0 heterocycles. The van der Waals surface area contributed by atoms with Crippen LogP contribution in [0.4, 0.5) is 0 Å². The van der Waals surface area contributed by atoms with E-state index in [1.807, 2.05) is 18.2 Å². The molecule has 0 fully saturated rings. The summed E-state index contributed by atoms with van der Waals surface area (Å²) in [6.07, 6.45) is 3.94. The molecule has 0 unspecified atom stereocenters. The quantitative estimate of drug-likeness (QED) is 0.820. The van der Waals surface area contributed by atoms with Gasteiger partial charge in [-0.15, -0.1) is 0 Å². The number of benzene rings is 1. The molecule has 0 spiro atoms. The lowest BCUT2D eigenvalue weighted by molar-refractivity contribution is 0.413. The first-order chi connectivity index (χ1) is 7.19. The van der Waals surface area contributed by atoms with Crippen LogP contribution in [0.2, 0.25) is 0 Å². The summed E-state index contributed by atoms with van der Waals surface area (Å²) in [7, 11) is 1.68. The molecule has 0 amide bonds. The SMILES string of the molecule is COc1ccc(C(C)C)cc1/C=C/CN. The monoisotopic (exact) mass is 205 g/mol. The molecular formula is C13H19NO. The number of methoxy groups -OCH3 is 1. The van der Waals surface area contributed by atoms with Gasteiger partial charge in [0.05, 0.1) is 7.11 Å². The first-order valence-electron chi connectivity index (χ1n) is 5.23. The third kappa shape index (κ3) is 3.10. The molecule has 2 N–H and O–H groups in total. The summed E-state index contributed by atoms with van der Waals surface area (Å²) in [5, 5.41) is 0. The van der Waals surface area contributed by atoms with Gasteiger partial charge in [-0.1, -0.05) is 32.1 Å². The van der Waals surface area contributed by atoms with E-state index in [4.69, 9.17) is 10.5 Å². The summed E-state index contributed by atoms with van der Waals surface area (Å²) >= 11 is 0. The Balaban J connectivity index is 3.07. The van der Waals surface area contributed by atoms with Crippen molar-refractivity contribution >= 4 is 6.08 Å². The minimum atomic E-state index is 0.529. The summed E-state index contributed by atoms with van der Waals surface area (Å²) < 4.78 is 5.29. The van der Waals surface area contributed by atoms with E-state index in [1.165, 1.54) is 5.56 Å². The van der Waals surface area contributed by atoms with Crippen molar-refractivity contribution in [3.63, 3.8) is 0 Å². The molecule has 2 nitrogen and oxygen atoms in total. The van der Waals surface area contributed by atoms with Gasteiger partial charge in [-0.25, -0.2) is 0 Å². The molecule has 1 aromatic rings. The Morgan fingerprint density at radius 2 is 2.13 bits per heavy atom. The summed E-state index contributed by atoms with van der Waals surface area (Å²) in [5.41, 5.74) is 7.84. The lowest BCUT2D eigenvalue weighted by Crippen LogP contribution is -1.94. The van der Waals surface area contributed by atoms with Crippen LogP contribution in [0.5, 0.6) is 5.75 Å². The predicted octanol–water partition coefficient (Wildman–Crippen LogP) is 2.79. The molecule has 0 aromatic heterocycles. The van der Waals surface area contributed by atoms with Crippen LogP contribution in [0.15, 0.2) is 24.3 Å². The highest BCUT2D eigenvalue weighted by Gasteiger charge is 2.03. The average Bonchev–Trinajstić information content (AvgIpc) is 2.25. The second kappa shape index (κ2) is 5.56. The maximum Gasteiger partial charge on any atom is 0.126 e. The van der Waals surface area contributed by atoms with Gasteiger partial charge in [0.2, 0.25) is 0 Å². The summed E-state index contributed by atoms with van der Waals surface area (Å²) in [4.78, 5) is 0. The maximum atomic E-state index is 5.44. The maximum absolute atomic E-state index is 5.44. The molecular weight excluding hydrogens is 186 g/mol. The van der Waals surface area contributed by atoms with E-state index in [-0.39, 0.29) is 0 Å². The largest absolute Gasteiger partial charge is 0.496 e. The van der Waals surface area contributed by atoms with E-state index in [1.54, 1.807) is 7.11 Å². The predicted molar refractivity (Wildman–Crippen MR) is 65.2 cm³/mol. The fraction of sp³-hybridized carbons (Fsp3) is 0.385. The first kappa shape index (κ1) is 11.8. The van der Waals surface area contributed by atoms with E-state index >= 15 is 0 Å². The van der Waals surface area contributed by atoms with Crippen LogP contribution >= 0.6 is 0 Å². The lowest BCUT2D eigenvalue weighted by Gasteiger charge is -2.10. The average molecular weight is 205 g/mol. The smallest absolute Gasteiger partial charge is 0.126 e. The van der Waals surface area contributed by atoms with E-state index in [0.29, 0.717) is 12.5 Å². The summed E-state index contributed by atoms with van der Waals surface area (Å²) in [6, 6.07) is 6.25. The van der Waals surface area contributed by atoms with Crippen LogP contribution in [-0.2, 0) is 0 Å². The third-order valence-electron chi connectivity index (χ3n) is 2.35. The Morgan fingerprint density at radius 1 is 1.40 bits per heavy atom. The molecule has 82 valence electrons. The van der Waals surface area contributed by atoms with Gasteiger partial charge in [0, 0.05) is 12.1 Å². The van der Waals surface area contributed by atoms with E-state index < -0.39 is 0 Å². The van der Waals surface area contributed by atoms with Crippen molar-refractivity contribution in [2.75, 3.05) is 13.7 Å². The Hall–Kier alpha value is -1.28. The Labute approximate surface area is 91.7 Å². The molecule has 1 aromatic carbocycles. The van der Waals surface area contributed by atoms with Gasteiger partial charge >= 0.3 is 0 Å². The molecule has 2 heteroatoms. The number of ether oxygens (including phenoxy) is 1. The Kier molecular flexibility index (Phi) is 4.37. The molecule has 1 rings (SSSR count). The second-order valence-corrected chi connectivity index (χ2v) is 3.79. The van der Waals surface area contributed by atoms with Crippen LogP contribution < -0.4 is 10.5 Å². The van der Waals surface area contributed by atoms with Gasteiger partial charge in [-0.3, -0.25) is 0 Å². The van der Waals surface area contributed by atoms with Gasteiger partial charge in [0.15, 0.2) is 0 Å². The van der Waals surface area contributed by atoms with Crippen molar-refractivity contribution in [1.82, 2.24) is 0 Å². The zero-order chi connectivity index (χ0) is 11.3. The number of rotatable bonds is 4. The number of hydrogen-bond donors (Lipinski definition) is 1. The summed E-state index contributed by atoms with van der Waals surface area (Å²) in [6.45, 7) is 4.91. The van der Waals surface area contributed by atoms with Crippen LogP contribution in [0.3, 0.4) is 0 Å². The zero-order valence-electron chi connectivity index (χ0n) is 9.66. The summed E-state index contributed by atoms with van der Waals surface area (Å²) in [5.74, 6) is 1.42. The molecule has 0 saturated carbocycles. The van der Waals surface area contributed by atoms with Gasteiger partial charge in [0.1, 0.15) is 5.75 Å². The molecule has 15 heavy (non-hydrogen) atoms. The Morgan fingerprint density at radius 3 is 2.67 bits per heavy atom. The third-order valence-corrected chi connectivity index (χ3v) is 2.35. The minimum absolute atomic E-state index is 0.529. The van der Waals surface area contributed by atoms with Gasteiger partial charge in [0.25, 0.3) is 0 Å². The van der Waals surface area contributed by atoms with Gasteiger partial charge in [-0.05, 0) is 23.6 Å². The topological polar surface area (TPSA) is 35.2 Å². The van der Waals surface area contributed by atoms with E-state index in [0.717, 1.165) is 11.3 Å². The second-order valence-electron chi connectivity index (χ2n) is 3.79. The molecule has 0 aliphatic rings. The highest BCUT2D eigenvalue weighted by Crippen LogP contribution is 2.25. The van der Waals surface area contributed by atoms with Crippen LogP contribution in [0, 0.1) is 0 Å². The number of nitrogens with two attached hydrogens (primary N) is 1. The highest BCUT2D eigenvalue weighted by molar-refractivity contribution is 5.58. The van der Waals surface area contributed by atoms with E-state index in [9.17, 15) is 0 Å². The molecule has 0 aliphatic heterocycles. The van der Waals surface area contributed by atoms with Crippen molar-refractivity contribution in [3.05, 3.63) is 35.4 Å². The van der Waals surface area contributed by atoms with Crippen molar-refractivity contribution in [2.24, 2.45) is 5.73 Å². The molecule has 0 radical (unpaired) electrons. The molecule has 0 bridgehead atoms. The first-order valence-corrected chi connectivity index (χ1v) is 5.23. The van der Waals surface area contributed by atoms with Crippen molar-refractivity contribution in [1.29, 1.82) is 0 Å². The van der Waals surface area contributed by atoms with Gasteiger partial charge < -0.3 is 10.5 Å². The normalized spacial score (nSPS) is 11.3. The fourth-order valence-corrected chi connectivity index (χ4v) is 1.44. The lowest BCUT2D eigenvalue weighted by atomic mass is 10.00. The van der Waals surface area contributed by atoms with E-state index in [2.05, 4.69) is 26.0 Å². The van der Waals surface area contributed by atoms with Crippen molar-refractivity contribution in [2.45, 2.75) is 19.8 Å².